The Kier molecular flexibility index (Phi) is 3.27. The zero-order valence-electron chi connectivity index (χ0n) is 9.88. The van der Waals surface area contributed by atoms with Crippen molar-refractivity contribution in [2.75, 3.05) is 0 Å². The normalized spacial score (nSPS) is 16.2. The molecule has 88 valence electrons. The van der Waals surface area contributed by atoms with Gasteiger partial charge in [-0.15, -0.1) is 0 Å². The fourth-order valence-electron chi connectivity index (χ4n) is 1.94. The molecule has 2 aromatic rings. The van der Waals surface area contributed by atoms with Crippen molar-refractivity contribution in [3.8, 4) is 0 Å². The maximum Gasteiger partial charge on any atom is 0.101 e. The van der Waals surface area contributed by atoms with Gasteiger partial charge in [0.25, 0.3) is 0 Å². The van der Waals surface area contributed by atoms with Gasteiger partial charge in [-0.2, -0.15) is 0 Å². The molecule has 0 saturated carbocycles. The molecule has 0 amide bonds. The fourth-order valence-corrected chi connectivity index (χ4v) is 1.94. The molecule has 2 rings (SSSR count). The number of benzene rings is 2. The van der Waals surface area contributed by atoms with Gasteiger partial charge in [0.2, 0.25) is 0 Å². The summed E-state index contributed by atoms with van der Waals surface area (Å²) in [5.41, 5.74) is 7.24. The van der Waals surface area contributed by atoms with Crippen LogP contribution in [0.5, 0.6) is 0 Å². The van der Waals surface area contributed by atoms with Crippen LogP contribution in [0.4, 0.5) is 0 Å². The van der Waals surface area contributed by atoms with Gasteiger partial charge in [-0.3, -0.25) is 0 Å². The van der Waals surface area contributed by atoms with Crippen molar-refractivity contribution in [2.45, 2.75) is 18.6 Å². The lowest BCUT2D eigenvalue weighted by Crippen LogP contribution is -2.39. The Labute approximate surface area is 102 Å². The van der Waals surface area contributed by atoms with E-state index >= 15 is 0 Å². The maximum absolute atomic E-state index is 10.4. The Balaban J connectivity index is 2.33. The second-order valence-electron chi connectivity index (χ2n) is 4.46. The Morgan fingerprint density at radius 3 is 1.94 bits per heavy atom. The van der Waals surface area contributed by atoms with E-state index in [-0.39, 0.29) is 0 Å². The molecule has 2 atom stereocenters. The van der Waals surface area contributed by atoms with Crippen molar-refractivity contribution in [1.29, 1.82) is 0 Å². The van der Waals surface area contributed by atoms with E-state index in [4.69, 9.17) is 5.73 Å². The lowest BCUT2D eigenvalue weighted by atomic mass is 9.84. The Morgan fingerprint density at radius 2 is 1.41 bits per heavy atom. The minimum Gasteiger partial charge on any atom is -0.386 e. The van der Waals surface area contributed by atoms with E-state index in [9.17, 15) is 5.11 Å². The van der Waals surface area contributed by atoms with Crippen LogP contribution >= 0.6 is 0 Å². The van der Waals surface area contributed by atoms with Gasteiger partial charge in [0.05, 0.1) is 5.54 Å². The van der Waals surface area contributed by atoms with Gasteiger partial charge in [0.15, 0.2) is 0 Å². The molecule has 0 saturated heterocycles. The monoisotopic (exact) mass is 227 g/mol. The molecule has 0 aromatic heterocycles. The summed E-state index contributed by atoms with van der Waals surface area (Å²) >= 11 is 0. The minimum atomic E-state index is -0.789. The van der Waals surface area contributed by atoms with E-state index in [0.29, 0.717) is 0 Å². The number of nitrogens with two attached hydrogens (primary N) is 1. The summed E-state index contributed by atoms with van der Waals surface area (Å²) < 4.78 is 0. The van der Waals surface area contributed by atoms with E-state index in [0.717, 1.165) is 11.1 Å². The summed E-state index contributed by atoms with van der Waals surface area (Å²) in [6.45, 7) is 1.85. The van der Waals surface area contributed by atoms with Crippen LogP contribution in [0.15, 0.2) is 60.7 Å². The van der Waals surface area contributed by atoms with E-state index in [1.54, 1.807) is 0 Å². The average molecular weight is 227 g/mol. The van der Waals surface area contributed by atoms with Crippen molar-refractivity contribution in [2.24, 2.45) is 5.73 Å². The molecule has 2 nitrogen and oxygen atoms in total. The molecule has 3 N–H and O–H groups in total. The first-order chi connectivity index (χ1) is 8.12. The van der Waals surface area contributed by atoms with Crippen LogP contribution in [-0.4, -0.2) is 5.11 Å². The zero-order chi connectivity index (χ0) is 12.3. The van der Waals surface area contributed by atoms with Gasteiger partial charge in [0.1, 0.15) is 6.10 Å². The van der Waals surface area contributed by atoms with Gasteiger partial charge < -0.3 is 10.8 Å². The standard InChI is InChI=1S/C15H17NO/c1-15(16,13-10-6-3-7-11-13)14(17)12-8-4-2-5-9-12/h2-11,14,17H,16H2,1H3/t14?,15-/m1/s1. The summed E-state index contributed by atoms with van der Waals surface area (Å²) in [6.07, 6.45) is -0.717. The van der Waals surface area contributed by atoms with Crippen molar-refractivity contribution >= 4 is 0 Å². The second-order valence-corrected chi connectivity index (χ2v) is 4.46. The molecular formula is C15H17NO. The molecule has 0 aliphatic heterocycles. The first kappa shape index (κ1) is 11.8. The van der Waals surface area contributed by atoms with E-state index in [1.807, 2.05) is 67.6 Å². The summed E-state index contributed by atoms with van der Waals surface area (Å²) in [5.74, 6) is 0. The van der Waals surface area contributed by atoms with Crippen molar-refractivity contribution < 1.29 is 5.11 Å². The zero-order valence-corrected chi connectivity index (χ0v) is 9.88. The van der Waals surface area contributed by atoms with Gasteiger partial charge in [-0.1, -0.05) is 60.7 Å². The first-order valence-corrected chi connectivity index (χ1v) is 5.70. The minimum absolute atomic E-state index is 0.717. The van der Waals surface area contributed by atoms with E-state index in [2.05, 4.69) is 0 Å². The third-order valence-electron chi connectivity index (χ3n) is 3.08. The molecular weight excluding hydrogens is 210 g/mol. The molecule has 0 fully saturated rings. The van der Waals surface area contributed by atoms with E-state index < -0.39 is 11.6 Å². The molecule has 2 aromatic carbocycles. The van der Waals surface area contributed by atoms with Crippen LogP contribution in [0.2, 0.25) is 0 Å². The summed E-state index contributed by atoms with van der Waals surface area (Å²) in [4.78, 5) is 0. The molecule has 0 aliphatic carbocycles. The largest absolute Gasteiger partial charge is 0.386 e. The SMILES string of the molecule is C[C@@](N)(c1ccccc1)C(O)c1ccccc1. The predicted molar refractivity (Wildman–Crippen MR) is 69.4 cm³/mol. The highest BCUT2D eigenvalue weighted by molar-refractivity contribution is 5.29. The number of aliphatic hydroxyl groups excluding tert-OH is 1. The van der Waals surface area contributed by atoms with Crippen molar-refractivity contribution in [3.05, 3.63) is 71.8 Å². The third-order valence-corrected chi connectivity index (χ3v) is 3.08. The van der Waals surface area contributed by atoms with Gasteiger partial charge in [-0.05, 0) is 18.1 Å². The Hall–Kier alpha value is -1.64. The highest BCUT2D eigenvalue weighted by Crippen LogP contribution is 2.32. The molecule has 0 radical (unpaired) electrons. The van der Waals surface area contributed by atoms with Gasteiger partial charge in [-0.25, -0.2) is 0 Å². The van der Waals surface area contributed by atoms with Crippen LogP contribution in [0.1, 0.15) is 24.2 Å². The van der Waals surface area contributed by atoms with E-state index in [1.165, 1.54) is 0 Å². The van der Waals surface area contributed by atoms with Crippen molar-refractivity contribution in [3.63, 3.8) is 0 Å². The second kappa shape index (κ2) is 4.70. The number of rotatable bonds is 3. The molecule has 0 aliphatic rings. The molecule has 17 heavy (non-hydrogen) atoms. The van der Waals surface area contributed by atoms with Crippen LogP contribution in [0.3, 0.4) is 0 Å². The third kappa shape index (κ3) is 2.38. The van der Waals surface area contributed by atoms with Gasteiger partial charge in [0, 0.05) is 0 Å². The topological polar surface area (TPSA) is 46.2 Å². The molecule has 0 heterocycles. The smallest absolute Gasteiger partial charge is 0.101 e. The van der Waals surface area contributed by atoms with Crippen LogP contribution in [0, 0.1) is 0 Å². The first-order valence-electron chi connectivity index (χ1n) is 5.70. The lowest BCUT2D eigenvalue weighted by molar-refractivity contribution is 0.0932. The summed E-state index contributed by atoms with van der Waals surface area (Å²) in [6, 6.07) is 19.2. The fraction of sp³-hybridized carbons (Fsp3) is 0.200. The van der Waals surface area contributed by atoms with Crippen LogP contribution in [-0.2, 0) is 5.54 Å². The van der Waals surface area contributed by atoms with Crippen LogP contribution < -0.4 is 5.73 Å². The Bertz CT molecular complexity index is 465. The lowest BCUT2D eigenvalue weighted by Gasteiger charge is -2.31. The number of hydrogen-bond acceptors (Lipinski definition) is 2. The average Bonchev–Trinajstić information content (AvgIpc) is 2.40. The quantitative estimate of drug-likeness (QED) is 0.846. The summed E-state index contributed by atoms with van der Waals surface area (Å²) in [5, 5.41) is 10.4. The Morgan fingerprint density at radius 1 is 0.941 bits per heavy atom. The molecule has 1 unspecified atom stereocenters. The highest BCUT2D eigenvalue weighted by atomic mass is 16.3. The number of hydrogen-bond donors (Lipinski definition) is 2. The molecule has 2 heteroatoms. The van der Waals surface area contributed by atoms with Crippen molar-refractivity contribution in [1.82, 2.24) is 0 Å². The molecule has 0 bridgehead atoms. The predicted octanol–water partition coefficient (Wildman–Crippen LogP) is 2.59. The van der Waals surface area contributed by atoms with Gasteiger partial charge >= 0.3 is 0 Å². The maximum atomic E-state index is 10.4. The molecule has 0 spiro atoms. The summed E-state index contributed by atoms with van der Waals surface area (Å²) in [7, 11) is 0. The highest BCUT2D eigenvalue weighted by Gasteiger charge is 2.31. The van der Waals surface area contributed by atoms with Crippen LogP contribution in [0.25, 0.3) is 0 Å². The number of aliphatic hydroxyl groups is 1.